The number of aromatic nitrogens is 2. The molecule has 2 aromatic rings. The molecule has 1 aromatic carbocycles. The molecule has 2 heterocycles. The Kier molecular flexibility index (Phi) is 4.73. The van der Waals surface area contributed by atoms with Crippen molar-refractivity contribution in [1.29, 1.82) is 0 Å². The molecule has 1 fully saturated rings. The van der Waals surface area contributed by atoms with Gasteiger partial charge in [0.25, 0.3) is 0 Å². The maximum atomic E-state index is 12.3. The first-order valence-electron chi connectivity index (χ1n) is 7.90. The molecule has 1 aliphatic rings. The summed E-state index contributed by atoms with van der Waals surface area (Å²) in [5.74, 6) is 0. The largest absolute Gasteiger partial charge is 0.355 e. The maximum absolute atomic E-state index is 12.3. The predicted octanol–water partition coefficient (Wildman–Crippen LogP) is 1.75. The first kappa shape index (κ1) is 16.1. The van der Waals surface area contributed by atoms with Crippen molar-refractivity contribution >= 4 is 29.0 Å². The molecule has 0 saturated carbocycles. The average molecular weight is 337 g/mol. The minimum Gasteiger partial charge on any atom is -0.355 e. The van der Waals surface area contributed by atoms with Crippen LogP contribution in [-0.4, -0.2) is 46.5 Å². The summed E-state index contributed by atoms with van der Waals surface area (Å²) in [5, 5.41) is 3.40. The van der Waals surface area contributed by atoms with Gasteiger partial charge < -0.3 is 15.2 Å². The van der Waals surface area contributed by atoms with Gasteiger partial charge in [0.1, 0.15) is 0 Å². The third kappa shape index (κ3) is 3.43. The van der Waals surface area contributed by atoms with Gasteiger partial charge in [-0.15, -0.1) is 0 Å². The van der Waals surface area contributed by atoms with Crippen molar-refractivity contribution in [2.24, 2.45) is 0 Å². The van der Waals surface area contributed by atoms with E-state index in [4.69, 9.17) is 11.6 Å². The second kappa shape index (κ2) is 6.76. The van der Waals surface area contributed by atoms with Crippen LogP contribution in [0, 0.1) is 0 Å². The third-order valence-corrected chi connectivity index (χ3v) is 4.72. The first-order chi connectivity index (χ1) is 11.1. The van der Waals surface area contributed by atoms with E-state index in [9.17, 15) is 9.59 Å². The number of rotatable bonds is 5. The van der Waals surface area contributed by atoms with Gasteiger partial charge in [0, 0.05) is 36.7 Å². The molecular weight excluding hydrogens is 316 g/mol. The number of hydrogen-bond donors (Lipinski definition) is 2. The van der Waals surface area contributed by atoms with E-state index in [1.807, 2.05) is 23.6 Å². The highest BCUT2D eigenvalue weighted by atomic mass is 35.5. The molecule has 1 aromatic heterocycles. The summed E-state index contributed by atoms with van der Waals surface area (Å²) in [6.45, 7) is 4.67. The van der Waals surface area contributed by atoms with E-state index in [0.717, 1.165) is 49.9 Å². The van der Waals surface area contributed by atoms with Crippen LogP contribution >= 0.6 is 11.6 Å². The number of likely N-dealkylation sites (tertiary alicyclic amines) is 1. The van der Waals surface area contributed by atoms with E-state index in [1.54, 1.807) is 6.07 Å². The van der Waals surface area contributed by atoms with Crippen molar-refractivity contribution in [3.63, 3.8) is 0 Å². The molecule has 124 valence electrons. The lowest BCUT2D eigenvalue weighted by molar-refractivity contribution is -0.110. The summed E-state index contributed by atoms with van der Waals surface area (Å²) < 4.78 is 1.86. The van der Waals surface area contributed by atoms with Gasteiger partial charge in [0.15, 0.2) is 0 Å². The molecule has 0 bridgehead atoms. The lowest BCUT2D eigenvalue weighted by Crippen LogP contribution is -2.43. The molecule has 1 atom stereocenters. The van der Waals surface area contributed by atoms with Gasteiger partial charge in [-0.2, -0.15) is 0 Å². The number of amides is 1. The van der Waals surface area contributed by atoms with Gasteiger partial charge in [0.05, 0.1) is 11.0 Å². The molecule has 2 N–H and O–H groups in total. The number of carbonyl (C=O) groups is 1. The number of H-pyrrole nitrogens is 1. The van der Waals surface area contributed by atoms with Crippen LogP contribution in [0.1, 0.15) is 25.8 Å². The quantitative estimate of drug-likeness (QED) is 0.817. The number of halogens is 1. The minimum absolute atomic E-state index is 0.0725. The monoisotopic (exact) mass is 336 g/mol. The summed E-state index contributed by atoms with van der Waals surface area (Å²) in [7, 11) is 0. The topological polar surface area (TPSA) is 70.1 Å². The Morgan fingerprint density at radius 2 is 2.17 bits per heavy atom. The van der Waals surface area contributed by atoms with E-state index in [2.05, 4.69) is 15.2 Å². The predicted molar refractivity (Wildman–Crippen MR) is 90.9 cm³/mol. The summed E-state index contributed by atoms with van der Waals surface area (Å²) in [6.07, 6.45) is 2.58. The Morgan fingerprint density at radius 1 is 1.43 bits per heavy atom. The molecule has 1 saturated heterocycles. The van der Waals surface area contributed by atoms with Crippen LogP contribution < -0.4 is 11.0 Å². The third-order valence-electron chi connectivity index (χ3n) is 4.49. The fraction of sp³-hybridized carbons (Fsp3) is 0.500. The van der Waals surface area contributed by atoms with Crippen molar-refractivity contribution in [3.05, 3.63) is 33.7 Å². The molecule has 23 heavy (non-hydrogen) atoms. The molecule has 6 nitrogen and oxygen atoms in total. The normalized spacial score (nSPS) is 18.2. The lowest BCUT2D eigenvalue weighted by Gasteiger charge is -2.33. The van der Waals surface area contributed by atoms with Crippen LogP contribution in [0.15, 0.2) is 23.0 Å². The van der Waals surface area contributed by atoms with Gasteiger partial charge in [-0.1, -0.05) is 11.6 Å². The van der Waals surface area contributed by atoms with Crippen LogP contribution in [0.3, 0.4) is 0 Å². The number of fused-ring (bicyclic) bond motifs is 1. The van der Waals surface area contributed by atoms with Gasteiger partial charge in [-0.25, -0.2) is 4.79 Å². The van der Waals surface area contributed by atoms with Crippen LogP contribution in [0.5, 0.6) is 0 Å². The lowest BCUT2D eigenvalue weighted by atomic mass is 10.0. The van der Waals surface area contributed by atoms with Crippen molar-refractivity contribution in [2.75, 3.05) is 19.6 Å². The molecule has 3 rings (SSSR count). The molecule has 0 spiro atoms. The number of imidazole rings is 1. The van der Waals surface area contributed by atoms with Crippen LogP contribution in [0.4, 0.5) is 0 Å². The van der Waals surface area contributed by atoms with Gasteiger partial charge >= 0.3 is 5.69 Å². The van der Waals surface area contributed by atoms with Gasteiger partial charge in [-0.3, -0.25) is 9.36 Å². The van der Waals surface area contributed by atoms with Crippen molar-refractivity contribution in [2.45, 2.75) is 31.8 Å². The number of carbonyl (C=O) groups excluding carboxylic acids is 1. The van der Waals surface area contributed by atoms with Crippen molar-refractivity contribution < 1.29 is 4.79 Å². The molecule has 1 aliphatic heterocycles. The summed E-state index contributed by atoms with van der Waals surface area (Å²) in [4.78, 5) is 28.0. The average Bonchev–Trinajstić information content (AvgIpc) is 2.83. The number of hydrogen-bond acceptors (Lipinski definition) is 3. The van der Waals surface area contributed by atoms with E-state index < -0.39 is 0 Å². The zero-order valence-corrected chi connectivity index (χ0v) is 13.8. The van der Waals surface area contributed by atoms with Gasteiger partial charge in [0.2, 0.25) is 6.41 Å². The highest BCUT2D eigenvalue weighted by Crippen LogP contribution is 2.26. The summed E-state index contributed by atoms with van der Waals surface area (Å²) >= 11 is 5.99. The standard InChI is InChI=1S/C16H21ClN4O2/c1-11(18-10-22)9-20-6-4-13(5-7-20)21-15-3-2-12(17)8-14(15)19-16(21)23/h2-3,8,10-11,13H,4-7,9H2,1H3,(H,18,22)(H,19,23). The molecular formula is C16H21ClN4O2. The fourth-order valence-electron chi connectivity index (χ4n) is 3.38. The number of nitrogens with zero attached hydrogens (tertiary/aromatic N) is 2. The Morgan fingerprint density at radius 3 is 2.87 bits per heavy atom. The SMILES string of the molecule is CC(CN1CCC(n2c(=O)[nH]c3cc(Cl)ccc32)CC1)NC=O. The molecule has 0 radical (unpaired) electrons. The van der Waals surface area contributed by atoms with Crippen molar-refractivity contribution in [1.82, 2.24) is 19.8 Å². The summed E-state index contributed by atoms with van der Waals surface area (Å²) in [5.41, 5.74) is 1.62. The minimum atomic E-state index is -0.0725. The number of piperidine rings is 1. The number of aromatic amines is 1. The van der Waals surface area contributed by atoms with E-state index >= 15 is 0 Å². The van der Waals surface area contributed by atoms with E-state index in [-0.39, 0.29) is 17.8 Å². The Hall–Kier alpha value is -1.79. The fourth-order valence-corrected chi connectivity index (χ4v) is 3.55. The summed E-state index contributed by atoms with van der Waals surface area (Å²) in [6, 6.07) is 5.84. The second-order valence-electron chi connectivity index (χ2n) is 6.18. The molecule has 7 heteroatoms. The van der Waals surface area contributed by atoms with Gasteiger partial charge in [-0.05, 0) is 38.0 Å². The Bertz CT molecular complexity index is 746. The molecule has 1 amide bonds. The number of nitrogens with one attached hydrogen (secondary N) is 2. The highest BCUT2D eigenvalue weighted by Gasteiger charge is 2.24. The zero-order chi connectivity index (χ0) is 16.4. The van der Waals surface area contributed by atoms with E-state index in [0.29, 0.717) is 5.02 Å². The smallest absolute Gasteiger partial charge is 0.326 e. The van der Waals surface area contributed by atoms with E-state index in [1.165, 1.54) is 0 Å². The maximum Gasteiger partial charge on any atom is 0.326 e. The Labute approximate surface area is 139 Å². The Balaban J connectivity index is 1.72. The van der Waals surface area contributed by atoms with Crippen LogP contribution in [0.2, 0.25) is 5.02 Å². The number of benzene rings is 1. The second-order valence-corrected chi connectivity index (χ2v) is 6.62. The van der Waals surface area contributed by atoms with Crippen LogP contribution in [-0.2, 0) is 4.79 Å². The highest BCUT2D eigenvalue weighted by molar-refractivity contribution is 6.31. The molecule has 0 aliphatic carbocycles. The zero-order valence-electron chi connectivity index (χ0n) is 13.1. The molecule has 1 unspecified atom stereocenters. The van der Waals surface area contributed by atoms with Crippen molar-refractivity contribution in [3.8, 4) is 0 Å². The first-order valence-corrected chi connectivity index (χ1v) is 8.28. The van der Waals surface area contributed by atoms with Crippen LogP contribution in [0.25, 0.3) is 11.0 Å².